The van der Waals surface area contributed by atoms with Crippen molar-refractivity contribution in [3.05, 3.63) is 64.7 Å². The number of likely N-dealkylation sites (tertiary alicyclic amines) is 1. The Morgan fingerprint density at radius 1 is 1.14 bits per heavy atom. The van der Waals surface area contributed by atoms with Gasteiger partial charge in [-0.15, -0.1) is 0 Å². The Hall–Kier alpha value is -1.89. The van der Waals surface area contributed by atoms with Crippen molar-refractivity contribution in [3.63, 3.8) is 0 Å². The quantitative estimate of drug-likeness (QED) is 0.687. The summed E-state index contributed by atoms with van der Waals surface area (Å²) in [4.78, 5) is 14.8. The lowest BCUT2D eigenvalue weighted by Crippen LogP contribution is -2.45. The summed E-state index contributed by atoms with van der Waals surface area (Å²) in [5.41, 5.74) is 1.89. The van der Waals surface area contributed by atoms with Gasteiger partial charge in [-0.1, -0.05) is 48.4 Å². The fraction of sp³-hybridized carbons (Fsp3) is 0.409. The third-order valence-electron chi connectivity index (χ3n) is 5.34. The maximum Gasteiger partial charge on any atom is 0.243 e. The molecule has 0 aliphatic carbocycles. The van der Waals surface area contributed by atoms with Crippen LogP contribution >= 0.6 is 11.6 Å². The van der Waals surface area contributed by atoms with Crippen molar-refractivity contribution in [3.8, 4) is 0 Å². The molecule has 1 aliphatic heterocycles. The van der Waals surface area contributed by atoms with Gasteiger partial charge in [0, 0.05) is 24.7 Å². The van der Waals surface area contributed by atoms with E-state index in [1.54, 1.807) is 17.0 Å². The largest absolute Gasteiger partial charge is 0.342 e. The number of carbonyl (C=O) groups excluding carboxylic acids is 1. The van der Waals surface area contributed by atoms with Gasteiger partial charge in [0.25, 0.3) is 0 Å². The van der Waals surface area contributed by atoms with Crippen molar-refractivity contribution in [1.82, 2.24) is 9.21 Å². The lowest BCUT2D eigenvalue weighted by molar-refractivity contribution is -0.132. The molecule has 156 valence electrons. The van der Waals surface area contributed by atoms with Gasteiger partial charge in [0.2, 0.25) is 15.9 Å². The predicted octanol–water partition coefficient (Wildman–Crippen LogP) is 4.10. The number of amides is 1. The van der Waals surface area contributed by atoms with Gasteiger partial charge in [0.1, 0.15) is 0 Å². The average Bonchev–Trinajstić information content (AvgIpc) is 2.68. The summed E-state index contributed by atoms with van der Waals surface area (Å²) < 4.78 is 27.9. The minimum absolute atomic E-state index is 0.134. The second-order valence-electron chi connectivity index (χ2n) is 7.78. The van der Waals surface area contributed by atoms with Gasteiger partial charge in [0.15, 0.2) is 0 Å². The van der Waals surface area contributed by atoms with Crippen LogP contribution in [0.2, 0.25) is 5.02 Å². The highest BCUT2D eigenvalue weighted by Crippen LogP contribution is 2.22. The molecule has 0 N–H and O–H groups in total. The summed E-state index contributed by atoms with van der Waals surface area (Å²) in [6.07, 6.45) is 1.90. The maximum absolute atomic E-state index is 13.3. The predicted molar refractivity (Wildman–Crippen MR) is 115 cm³/mol. The summed E-state index contributed by atoms with van der Waals surface area (Å²) in [6, 6.07) is 13.7. The monoisotopic (exact) mass is 434 g/mol. The van der Waals surface area contributed by atoms with E-state index in [1.807, 2.05) is 31.2 Å². The van der Waals surface area contributed by atoms with Crippen LogP contribution in [0.5, 0.6) is 0 Å². The number of sulfonamides is 1. The number of halogens is 1. The number of aryl methyl sites for hydroxylation is 1. The van der Waals surface area contributed by atoms with Crippen LogP contribution in [-0.2, 0) is 21.4 Å². The third kappa shape index (κ3) is 5.59. The van der Waals surface area contributed by atoms with Crippen LogP contribution in [0, 0.1) is 12.8 Å². The number of rotatable bonds is 6. The number of benzene rings is 2. The first kappa shape index (κ1) is 21.8. The maximum atomic E-state index is 13.3. The topological polar surface area (TPSA) is 57.7 Å². The Morgan fingerprint density at radius 3 is 2.41 bits per heavy atom. The van der Waals surface area contributed by atoms with Crippen LogP contribution in [0.3, 0.4) is 0 Å². The zero-order valence-electron chi connectivity index (χ0n) is 16.8. The van der Waals surface area contributed by atoms with Gasteiger partial charge in [-0.3, -0.25) is 4.79 Å². The summed E-state index contributed by atoms with van der Waals surface area (Å²) >= 11 is 5.92. The van der Waals surface area contributed by atoms with Crippen LogP contribution in [0.15, 0.2) is 53.4 Å². The number of nitrogens with zero attached hydrogens (tertiary/aromatic N) is 2. The standard InChI is InChI=1S/C22H27ClN2O3S/c1-17-10-12-24(13-11-17)22(26)16-25(15-19-5-3-4-18(2)14-19)29(27,28)21-8-6-20(23)7-9-21/h3-9,14,17H,10-13,15-16H2,1-2H3. The zero-order chi connectivity index (χ0) is 21.0. The summed E-state index contributed by atoms with van der Waals surface area (Å²) in [5, 5.41) is 0.465. The molecule has 0 saturated carbocycles. The number of hydrogen-bond acceptors (Lipinski definition) is 3. The molecule has 0 bridgehead atoms. The minimum atomic E-state index is -3.85. The fourth-order valence-electron chi connectivity index (χ4n) is 3.50. The van der Waals surface area contributed by atoms with E-state index in [-0.39, 0.29) is 23.9 Å². The van der Waals surface area contributed by atoms with Crippen molar-refractivity contribution in [2.75, 3.05) is 19.6 Å². The first-order valence-electron chi connectivity index (χ1n) is 9.85. The molecule has 1 amide bonds. The lowest BCUT2D eigenvalue weighted by Gasteiger charge is -2.32. The third-order valence-corrected chi connectivity index (χ3v) is 7.40. The van der Waals surface area contributed by atoms with E-state index in [4.69, 9.17) is 11.6 Å². The first-order valence-corrected chi connectivity index (χ1v) is 11.7. The summed E-state index contributed by atoms with van der Waals surface area (Å²) in [7, 11) is -3.85. The molecule has 1 saturated heterocycles. The Bertz CT molecular complexity index is 952. The molecule has 2 aromatic carbocycles. The first-order chi connectivity index (χ1) is 13.8. The molecular formula is C22H27ClN2O3S. The molecule has 0 atom stereocenters. The fourth-order valence-corrected chi connectivity index (χ4v) is 5.01. The molecule has 7 heteroatoms. The second kappa shape index (κ2) is 9.28. The Morgan fingerprint density at radius 2 is 1.79 bits per heavy atom. The molecular weight excluding hydrogens is 408 g/mol. The molecule has 0 aromatic heterocycles. The molecule has 2 aromatic rings. The molecule has 1 fully saturated rings. The molecule has 29 heavy (non-hydrogen) atoms. The highest BCUT2D eigenvalue weighted by atomic mass is 35.5. The van der Waals surface area contributed by atoms with Gasteiger partial charge in [0.05, 0.1) is 11.4 Å². The van der Waals surface area contributed by atoms with Crippen LogP contribution in [-0.4, -0.2) is 43.2 Å². The van der Waals surface area contributed by atoms with E-state index in [2.05, 4.69) is 6.92 Å². The van der Waals surface area contributed by atoms with Crippen molar-refractivity contribution in [1.29, 1.82) is 0 Å². The van der Waals surface area contributed by atoms with Crippen molar-refractivity contribution in [2.24, 2.45) is 5.92 Å². The van der Waals surface area contributed by atoms with Crippen LogP contribution in [0.1, 0.15) is 30.9 Å². The highest BCUT2D eigenvalue weighted by Gasteiger charge is 2.29. The summed E-state index contributed by atoms with van der Waals surface area (Å²) in [6.45, 7) is 5.47. The van der Waals surface area contributed by atoms with Gasteiger partial charge in [-0.25, -0.2) is 8.42 Å². The van der Waals surface area contributed by atoms with Crippen LogP contribution in [0.4, 0.5) is 0 Å². The van der Waals surface area contributed by atoms with Crippen molar-refractivity contribution in [2.45, 2.75) is 38.1 Å². The van der Waals surface area contributed by atoms with Gasteiger partial charge in [-0.2, -0.15) is 4.31 Å². The Balaban J connectivity index is 1.86. The molecule has 1 heterocycles. The van der Waals surface area contributed by atoms with E-state index in [9.17, 15) is 13.2 Å². The van der Waals surface area contributed by atoms with Gasteiger partial charge < -0.3 is 4.90 Å². The molecule has 0 spiro atoms. The zero-order valence-corrected chi connectivity index (χ0v) is 18.4. The second-order valence-corrected chi connectivity index (χ2v) is 10.2. The molecule has 1 aliphatic rings. The van der Waals surface area contributed by atoms with E-state index >= 15 is 0 Å². The van der Waals surface area contributed by atoms with Crippen LogP contribution in [0.25, 0.3) is 0 Å². The number of hydrogen-bond donors (Lipinski definition) is 0. The van der Waals surface area contributed by atoms with E-state index in [1.165, 1.54) is 16.4 Å². The van der Waals surface area contributed by atoms with E-state index in [0.29, 0.717) is 24.0 Å². The number of piperidine rings is 1. The smallest absolute Gasteiger partial charge is 0.243 e. The van der Waals surface area contributed by atoms with Crippen LogP contribution < -0.4 is 0 Å². The van der Waals surface area contributed by atoms with E-state index in [0.717, 1.165) is 24.0 Å². The number of carbonyl (C=O) groups is 1. The van der Waals surface area contributed by atoms with Gasteiger partial charge in [-0.05, 0) is 55.5 Å². The van der Waals surface area contributed by atoms with Crippen molar-refractivity contribution < 1.29 is 13.2 Å². The Kier molecular flexibility index (Phi) is 6.98. The molecule has 0 unspecified atom stereocenters. The molecule has 5 nitrogen and oxygen atoms in total. The molecule has 3 rings (SSSR count). The minimum Gasteiger partial charge on any atom is -0.342 e. The van der Waals surface area contributed by atoms with Crippen molar-refractivity contribution >= 4 is 27.5 Å². The Labute approximate surface area is 178 Å². The summed E-state index contributed by atoms with van der Waals surface area (Å²) in [5.74, 6) is 0.447. The van der Waals surface area contributed by atoms with E-state index < -0.39 is 10.0 Å². The van der Waals surface area contributed by atoms with Gasteiger partial charge >= 0.3 is 0 Å². The molecule has 0 radical (unpaired) electrons. The highest BCUT2D eigenvalue weighted by molar-refractivity contribution is 7.89. The normalized spacial score (nSPS) is 15.7. The average molecular weight is 435 g/mol. The SMILES string of the molecule is Cc1cccc(CN(CC(=O)N2CCC(C)CC2)S(=O)(=O)c2ccc(Cl)cc2)c1. The lowest BCUT2D eigenvalue weighted by atomic mass is 9.99.